The Morgan fingerprint density at radius 2 is 1.71 bits per heavy atom. The van der Waals surface area contributed by atoms with Gasteiger partial charge in [-0.05, 0) is 81.5 Å². The minimum atomic E-state index is 0.411. The molecule has 2 aliphatic heterocycles. The van der Waals surface area contributed by atoms with Crippen molar-refractivity contribution in [3.63, 3.8) is 0 Å². The standard InChI is InChI=1S/C27H38ClN5O2/c28-24-7-8-25(31-17-19-10-14-34-15-11-19)33-27(24)20-9-12-29-26(16-20)32-22-5-3-21(4-6-22)30-18-23-2-1-13-35-23/h7-9,12,16,19,21-23,30H,1-6,10-11,13-15,17-18H2,(H,29,32)(H,31,33)/t21-,22-,23-/m1/s1. The zero-order chi connectivity index (χ0) is 23.9. The van der Waals surface area contributed by atoms with E-state index in [2.05, 4.69) is 27.0 Å². The molecule has 2 aromatic rings. The maximum Gasteiger partial charge on any atom is 0.126 e. The molecule has 35 heavy (non-hydrogen) atoms. The fourth-order valence-corrected chi connectivity index (χ4v) is 5.57. The van der Waals surface area contributed by atoms with E-state index < -0.39 is 0 Å². The summed E-state index contributed by atoms with van der Waals surface area (Å²) in [5, 5.41) is 11.5. The van der Waals surface area contributed by atoms with Crippen molar-refractivity contribution in [2.75, 3.05) is 43.5 Å². The normalized spacial score (nSPS) is 25.5. The molecule has 190 valence electrons. The van der Waals surface area contributed by atoms with Crippen molar-refractivity contribution < 1.29 is 9.47 Å². The first-order chi connectivity index (χ1) is 17.2. The van der Waals surface area contributed by atoms with E-state index in [9.17, 15) is 0 Å². The van der Waals surface area contributed by atoms with Crippen molar-refractivity contribution in [2.45, 2.75) is 69.6 Å². The van der Waals surface area contributed by atoms with Gasteiger partial charge in [-0.15, -0.1) is 0 Å². The second-order valence-corrected chi connectivity index (χ2v) is 10.5. The summed E-state index contributed by atoms with van der Waals surface area (Å²) in [6, 6.07) is 8.96. The maximum atomic E-state index is 6.55. The van der Waals surface area contributed by atoms with Crippen LogP contribution in [0.5, 0.6) is 0 Å². The molecule has 0 aromatic carbocycles. The predicted molar refractivity (Wildman–Crippen MR) is 141 cm³/mol. The van der Waals surface area contributed by atoms with Gasteiger partial charge in [0, 0.05) is 56.8 Å². The first kappa shape index (κ1) is 24.8. The average Bonchev–Trinajstić information content (AvgIpc) is 3.42. The zero-order valence-electron chi connectivity index (χ0n) is 20.5. The van der Waals surface area contributed by atoms with Gasteiger partial charge in [0.2, 0.25) is 0 Å². The molecule has 0 amide bonds. The molecule has 0 unspecified atom stereocenters. The molecule has 2 aromatic heterocycles. The number of halogens is 1. The fraction of sp³-hybridized carbons (Fsp3) is 0.630. The summed E-state index contributed by atoms with van der Waals surface area (Å²) in [4.78, 5) is 9.40. The SMILES string of the molecule is Clc1ccc(NCC2CCOCC2)nc1-c1ccnc(N[C@H]2CC[C@H](NC[C@H]3CCCO3)CC2)c1. The third-order valence-corrected chi connectivity index (χ3v) is 7.83. The molecule has 0 bridgehead atoms. The summed E-state index contributed by atoms with van der Waals surface area (Å²) in [6.07, 6.45) is 11.5. The smallest absolute Gasteiger partial charge is 0.126 e. The summed E-state index contributed by atoms with van der Waals surface area (Å²) in [6.45, 7) is 4.53. The average molecular weight is 500 g/mol. The van der Waals surface area contributed by atoms with Gasteiger partial charge in [-0.2, -0.15) is 0 Å². The highest BCUT2D eigenvalue weighted by molar-refractivity contribution is 6.33. The van der Waals surface area contributed by atoms with Crippen molar-refractivity contribution in [2.24, 2.45) is 5.92 Å². The summed E-state index contributed by atoms with van der Waals surface area (Å²) in [7, 11) is 0. The number of pyridine rings is 2. The molecule has 3 aliphatic rings. The van der Waals surface area contributed by atoms with Gasteiger partial charge in [0.15, 0.2) is 0 Å². The van der Waals surface area contributed by atoms with E-state index in [1.807, 2.05) is 24.4 Å². The number of ether oxygens (including phenoxy) is 2. The molecule has 0 radical (unpaired) electrons. The molecule has 2 saturated heterocycles. The molecule has 0 spiro atoms. The van der Waals surface area contributed by atoms with E-state index in [1.165, 1.54) is 25.7 Å². The molecular formula is C27H38ClN5O2. The molecule has 1 saturated carbocycles. The summed E-state index contributed by atoms with van der Waals surface area (Å²) in [5.41, 5.74) is 1.77. The van der Waals surface area contributed by atoms with E-state index >= 15 is 0 Å². The van der Waals surface area contributed by atoms with Crippen LogP contribution in [0.25, 0.3) is 11.3 Å². The Morgan fingerprint density at radius 1 is 0.886 bits per heavy atom. The van der Waals surface area contributed by atoms with Crippen LogP contribution in [0.2, 0.25) is 5.02 Å². The third-order valence-electron chi connectivity index (χ3n) is 7.53. The predicted octanol–water partition coefficient (Wildman–Crippen LogP) is 5.13. The molecule has 5 rings (SSSR count). The second kappa shape index (κ2) is 12.3. The topological polar surface area (TPSA) is 80.3 Å². The number of hydrogen-bond donors (Lipinski definition) is 3. The van der Waals surface area contributed by atoms with Crippen molar-refractivity contribution in [1.29, 1.82) is 0 Å². The Labute approximate surface area is 213 Å². The second-order valence-electron chi connectivity index (χ2n) is 10.1. The Hall–Kier alpha value is -1.93. The number of nitrogens with one attached hydrogen (secondary N) is 3. The number of anilines is 2. The number of nitrogens with zero attached hydrogens (tertiary/aromatic N) is 2. The summed E-state index contributed by atoms with van der Waals surface area (Å²) >= 11 is 6.55. The van der Waals surface area contributed by atoms with E-state index in [1.54, 1.807) is 0 Å². The summed E-state index contributed by atoms with van der Waals surface area (Å²) in [5.74, 6) is 2.37. The van der Waals surface area contributed by atoms with Gasteiger partial charge < -0.3 is 25.4 Å². The molecule has 1 atom stereocenters. The lowest BCUT2D eigenvalue weighted by Crippen LogP contribution is -2.40. The summed E-state index contributed by atoms with van der Waals surface area (Å²) < 4.78 is 11.2. The van der Waals surface area contributed by atoms with Gasteiger partial charge in [0.05, 0.1) is 16.8 Å². The first-order valence-electron chi connectivity index (χ1n) is 13.3. The van der Waals surface area contributed by atoms with Gasteiger partial charge >= 0.3 is 0 Å². The van der Waals surface area contributed by atoms with Gasteiger partial charge in [-0.25, -0.2) is 9.97 Å². The zero-order valence-corrected chi connectivity index (χ0v) is 21.2. The minimum Gasteiger partial charge on any atom is -0.381 e. The largest absolute Gasteiger partial charge is 0.381 e. The fourth-order valence-electron chi connectivity index (χ4n) is 5.35. The van der Waals surface area contributed by atoms with Crippen LogP contribution in [-0.4, -0.2) is 61.1 Å². The Bertz CT molecular complexity index is 941. The highest BCUT2D eigenvalue weighted by atomic mass is 35.5. The van der Waals surface area contributed by atoms with Crippen LogP contribution in [0, 0.1) is 5.92 Å². The van der Waals surface area contributed by atoms with Crippen molar-refractivity contribution in [3.8, 4) is 11.3 Å². The van der Waals surface area contributed by atoms with Gasteiger partial charge in [-0.1, -0.05) is 11.6 Å². The number of hydrogen-bond acceptors (Lipinski definition) is 7. The molecule has 3 fully saturated rings. The molecular weight excluding hydrogens is 462 g/mol. The quantitative estimate of drug-likeness (QED) is 0.441. The maximum absolute atomic E-state index is 6.55. The van der Waals surface area contributed by atoms with Gasteiger partial charge in [0.1, 0.15) is 11.6 Å². The Balaban J connectivity index is 1.14. The monoisotopic (exact) mass is 499 g/mol. The lowest BCUT2D eigenvalue weighted by Gasteiger charge is -2.30. The van der Waals surface area contributed by atoms with Crippen LogP contribution in [0.4, 0.5) is 11.6 Å². The lowest BCUT2D eigenvalue weighted by atomic mass is 9.91. The highest BCUT2D eigenvalue weighted by Gasteiger charge is 2.23. The van der Waals surface area contributed by atoms with Gasteiger partial charge in [0.25, 0.3) is 0 Å². The van der Waals surface area contributed by atoms with Crippen LogP contribution in [0.15, 0.2) is 30.5 Å². The molecule has 8 heteroatoms. The molecule has 4 heterocycles. The highest BCUT2D eigenvalue weighted by Crippen LogP contribution is 2.30. The number of rotatable bonds is 9. The minimum absolute atomic E-state index is 0.411. The first-order valence-corrected chi connectivity index (χ1v) is 13.7. The molecule has 3 N–H and O–H groups in total. The third kappa shape index (κ3) is 7.06. The number of aromatic nitrogens is 2. The van der Waals surface area contributed by atoms with Crippen molar-refractivity contribution in [1.82, 2.24) is 15.3 Å². The molecule has 7 nitrogen and oxygen atoms in total. The Kier molecular flexibility index (Phi) is 8.73. The van der Waals surface area contributed by atoms with Gasteiger partial charge in [-0.3, -0.25) is 0 Å². The van der Waals surface area contributed by atoms with E-state index in [0.717, 1.165) is 81.5 Å². The molecule has 1 aliphatic carbocycles. The van der Waals surface area contributed by atoms with Crippen LogP contribution in [-0.2, 0) is 9.47 Å². The van der Waals surface area contributed by atoms with Crippen LogP contribution in [0.1, 0.15) is 51.4 Å². The van der Waals surface area contributed by atoms with Crippen LogP contribution < -0.4 is 16.0 Å². The van der Waals surface area contributed by atoms with Crippen LogP contribution >= 0.6 is 11.6 Å². The van der Waals surface area contributed by atoms with E-state index in [4.69, 9.17) is 26.1 Å². The van der Waals surface area contributed by atoms with Crippen LogP contribution in [0.3, 0.4) is 0 Å². The Morgan fingerprint density at radius 3 is 2.51 bits per heavy atom. The van der Waals surface area contributed by atoms with Crippen molar-refractivity contribution in [3.05, 3.63) is 35.5 Å². The lowest BCUT2D eigenvalue weighted by molar-refractivity contribution is 0.0699. The van der Waals surface area contributed by atoms with Crippen molar-refractivity contribution >= 4 is 23.2 Å². The van der Waals surface area contributed by atoms with E-state index in [-0.39, 0.29) is 0 Å². The van der Waals surface area contributed by atoms with E-state index in [0.29, 0.717) is 29.1 Å².